The van der Waals surface area contributed by atoms with E-state index in [0.29, 0.717) is 22.7 Å². The molecule has 0 atom stereocenters. The molecule has 0 fully saturated rings. The lowest BCUT2D eigenvalue weighted by Gasteiger charge is -2.13. The van der Waals surface area contributed by atoms with Gasteiger partial charge in [-0.1, -0.05) is 22.0 Å². The average Bonchev–Trinajstić information content (AvgIpc) is 2.54. The van der Waals surface area contributed by atoms with Crippen LogP contribution in [0.1, 0.15) is 10.4 Å². The molecule has 0 saturated heterocycles. The number of amides is 3. The van der Waals surface area contributed by atoms with Gasteiger partial charge in [-0.15, -0.1) is 0 Å². The van der Waals surface area contributed by atoms with Crippen molar-refractivity contribution in [3.63, 3.8) is 0 Å². The molecular weight excluding hydrogens is 362 g/mol. The van der Waals surface area contributed by atoms with Crippen molar-refractivity contribution in [3.8, 4) is 5.75 Å². The van der Waals surface area contributed by atoms with Crippen LogP contribution in [0.15, 0.2) is 46.9 Å². The number of benzene rings is 2. The smallest absolute Gasteiger partial charge is 0.323 e. The normalized spacial score (nSPS) is 9.87. The van der Waals surface area contributed by atoms with Crippen molar-refractivity contribution < 1.29 is 14.3 Å². The van der Waals surface area contributed by atoms with Gasteiger partial charge in [0.05, 0.1) is 18.4 Å². The fourth-order valence-corrected chi connectivity index (χ4v) is 2.34. The number of nitrogens with one attached hydrogen (secondary N) is 3. The molecule has 2 rings (SSSR count). The van der Waals surface area contributed by atoms with Crippen molar-refractivity contribution in [2.45, 2.75) is 0 Å². The Morgan fingerprint density at radius 1 is 1.09 bits per heavy atom. The van der Waals surface area contributed by atoms with E-state index < -0.39 is 6.03 Å². The SMILES string of the molecule is CNC(=O)c1ccc(OC)cc1NC(=O)Nc1cccc(Br)c1. The molecule has 0 aromatic heterocycles. The van der Waals surface area contributed by atoms with Gasteiger partial charge in [0.15, 0.2) is 0 Å². The fraction of sp³-hybridized carbons (Fsp3) is 0.125. The summed E-state index contributed by atoms with van der Waals surface area (Å²) in [6, 6.07) is 11.6. The zero-order valence-corrected chi connectivity index (χ0v) is 14.2. The molecule has 2 aromatic rings. The monoisotopic (exact) mass is 377 g/mol. The minimum absolute atomic E-state index is 0.301. The molecule has 23 heavy (non-hydrogen) atoms. The number of methoxy groups -OCH3 is 1. The number of ether oxygens (including phenoxy) is 1. The highest BCUT2D eigenvalue weighted by Gasteiger charge is 2.13. The number of rotatable bonds is 4. The van der Waals surface area contributed by atoms with E-state index >= 15 is 0 Å². The third kappa shape index (κ3) is 4.46. The number of hydrogen-bond acceptors (Lipinski definition) is 3. The maximum Gasteiger partial charge on any atom is 0.323 e. The second-order valence-corrected chi connectivity index (χ2v) is 5.50. The van der Waals surface area contributed by atoms with Gasteiger partial charge in [-0.05, 0) is 30.3 Å². The highest BCUT2D eigenvalue weighted by Crippen LogP contribution is 2.23. The molecule has 0 spiro atoms. The molecule has 120 valence electrons. The van der Waals surface area contributed by atoms with E-state index in [0.717, 1.165) is 4.47 Å². The first-order valence-corrected chi connectivity index (χ1v) is 7.56. The van der Waals surface area contributed by atoms with Gasteiger partial charge in [0, 0.05) is 23.3 Å². The van der Waals surface area contributed by atoms with E-state index in [2.05, 4.69) is 31.9 Å². The second kappa shape index (κ2) is 7.64. The zero-order valence-electron chi connectivity index (χ0n) is 12.6. The molecule has 0 heterocycles. The van der Waals surface area contributed by atoms with Crippen LogP contribution in [0.2, 0.25) is 0 Å². The summed E-state index contributed by atoms with van der Waals surface area (Å²) < 4.78 is 5.98. The van der Waals surface area contributed by atoms with Gasteiger partial charge in [-0.2, -0.15) is 0 Å². The van der Waals surface area contributed by atoms with E-state index in [1.165, 1.54) is 14.2 Å². The van der Waals surface area contributed by atoms with E-state index in [1.54, 1.807) is 36.4 Å². The van der Waals surface area contributed by atoms with Crippen molar-refractivity contribution in [1.82, 2.24) is 5.32 Å². The largest absolute Gasteiger partial charge is 0.497 e. The number of carbonyl (C=O) groups is 2. The molecule has 6 nitrogen and oxygen atoms in total. The van der Waals surface area contributed by atoms with Crippen LogP contribution in [0.25, 0.3) is 0 Å². The molecule has 0 bridgehead atoms. The van der Waals surface area contributed by atoms with Crippen LogP contribution >= 0.6 is 15.9 Å². The van der Waals surface area contributed by atoms with Crippen LogP contribution in [0, 0.1) is 0 Å². The highest BCUT2D eigenvalue weighted by molar-refractivity contribution is 9.10. The predicted molar refractivity (Wildman–Crippen MR) is 93.2 cm³/mol. The minimum atomic E-state index is -0.457. The van der Waals surface area contributed by atoms with E-state index in [-0.39, 0.29) is 5.91 Å². The van der Waals surface area contributed by atoms with Gasteiger partial charge in [-0.25, -0.2) is 4.79 Å². The lowest BCUT2D eigenvalue weighted by molar-refractivity contribution is 0.0964. The van der Waals surface area contributed by atoms with Gasteiger partial charge in [0.25, 0.3) is 5.91 Å². The van der Waals surface area contributed by atoms with Crippen molar-refractivity contribution >= 4 is 39.2 Å². The van der Waals surface area contributed by atoms with E-state index in [4.69, 9.17) is 4.74 Å². The van der Waals surface area contributed by atoms with Crippen molar-refractivity contribution in [2.75, 3.05) is 24.8 Å². The Labute approximate surface area is 142 Å². The van der Waals surface area contributed by atoms with Gasteiger partial charge in [-0.3, -0.25) is 4.79 Å². The summed E-state index contributed by atoms with van der Waals surface area (Å²) in [6.07, 6.45) is 0. The number of halogens is 1. The van der Waals surface area contributed by atoms with Crippen LogP contribution in [0.4, 0.5) is 16.2 Å². The van der Waals surface area contributed by atoms with Gasteiger partial charge >= 0.3 is 6.03 Å². The zero-order chi connectivity index (χ0) is 16.8. The quantitative estimate of drug-likeness (QED) is 0.763. The van der Waals surface area contributed by atoms with Crippen molar-refractivity contribution in [1.29, 1.82) is 0 Å². The second-order valence-electron chi connectivity index (χ2n) is 4.58. The van der Waals surface area contributed by atoms with Crippen LogP contribution in [-0.4, -0.2) is 26.1 Å². The molecule has 2 aromatic carbocycles. The Morgan fingerprint density at radius 2 is 1.87 bits per heavy atom. The summed E-state index contributed by atoms with van der Waals surface area (Å²) >= 11 is 3.34. The number of urea groups is 1. The Hall–Kier alpha value is -2.54. The molecule has 7 heteroatoms. The molecule has 0 aliphatic rings. The Kier molecular flexibility index (Phi) is 5.59. The number of carbonyl (C=O) groups excluding carboxylic acids is 2. The van der Waals surface area contributed by atoms with Crippen LogP contribution in [0.5, 0.6) is 5.75 Å². The number of hydrogen-bond donors (Lipinski definition) is 3. The van der Waals surface area contributed by atoms with Crippen LogP contribution in [0.3, 0.4) is 0 Å². The highest BCUT2D eigenvalue weighted by atomic mass is 79.9. The Morgan fingerprint density at radius 3 is 2.52 bits per heavy atom. The lowest BCUT2D eigenvalue weighted by atomic mass is 10.1. The molecule has 0 radical (unpaired) electrons. The third-order valence-corrected chi connectivity index (χ3v) is 3.52. The maximum atomic E-state index is 12.1. The predicted octanol–water partition coefficient (Wildman–Crippen LogP) is 3.46. The molecular formula is C16H16BrN3O3. The van der Waals surface area contributed by atoms with Gasteiger partial charge < -0.3 is 20.7 Å². The lowest BCUT2D eigenvalue weighted by Crippen LogP contribution is -2.24. The summed E-state index contributed by atoms with van der Waals surface area (Å²) in [7, 11) is 3.04. The van der Waals surface area contributed by atoms with Gasteiger partial charge in [0.1, 0.15) is 5.75 Å². The summed E-state index contributed by atoms with van der Waals surface area (Å²) in [4.78, 5) is 24.0. The third-order valence-electron chi connectivity index (χ3n) is 3.03. The molecule has 3 N–H and O–H groups in total. The van der Waals surface area contributed by atoms with Crippen LogP contribution < -0.4 is 20.7 Å². The van der Waals surface area contributed by atoms with Gasteiger partial charge in [0.2, 0.25) is 0 Å². The summed E-state index contributed by atoms with van der Waals surface area (Å²) in [5.74, 6) is 0.237. The van der Waals surface area contributed by atoms with Crippen molar-refractivity contribution in [2.24, 2.45) is 0 Å². The van der Waals surface area contributed by atoms with Crippen molar-refractivity contribution in [3.05, 3.63) is 52.5 Å². The fourth-order valence-electron chi connectivity index (χ4n) is 1.94. The molecule has 0 saturated carbocycles. The first kappa shape index (κ1) is 16.8. The summed E-state index contributed by atoms with van der Waals surface area (Å²) in [6.45, 7) is 0. The molecule has 0 aliphatic heterocycles. The maximum absolute atomic E-state index is 12.1. The summed E-state index contributed by atoms with van der Waals surface area (Å²) in [5.41, 5.74) is 1.33. The van der Waals surface area contributed by atoms with E-state index in [1.807, 2.05) is 6.07 Å². The van der Waals surface area contributed by atoms with E-state index in [9.17, 15) is 9.59 Å². The molecule has 3 amide bonds. The molecule has 0 aliphatic carbocycles. The average molecular weight is 378 g/mol. The first-order valence-electron chi connectivity index (χ1n) is 6.77. The molecule has 0 unspecified atom stereocenters. The standard InChI is InChI=1S/C16H16BrN3O3/c1-18-15(21)13-7-6-12(23-2)9-14(13)20-16(22)19-11-5-3-4-10(17)8-11/h3-9H,1-2H3,(H,18,21)(H2,19,20,22). The Balaban J connectivity index is 2.20. The summed E-state index contributed by atoms with van der Waals surface area (Å²) in [5, 5.41) is 7.89. The van der Waals surface area contributed by atoms with Crippen LogP contribution in [-0.2, 0) is 0 Å². The topological polar surface area (TPSA) is 79.5 Å². The first-order chi connectivity index (χ1) is 11.0. The Bertz CT molecular complexity index is 734. The minimum Gasteiger partial charge on any atom is -0.497 e. The number of anilines is 2.